The van der Waals surface area contributed by atoms with Crippen molar-refractivity contribution >= 4 is 61.7 Å². The number of allylic oxidation sites excluding steroid dienone is 4. The second-order valence-electron chi connectivity index (χ2n) is 13.3. The number of benzene rings is 7. The Kier molecular flexibility index (Phi) is 8.33. The summed E-state index contributed by atoms with van der Waals surface area (Å²) in [6.07, 6.45) is 5.57. The van der Waals surface area contributed by atoms with Gasteiger partial charge in [-0.3, -0.25) is 4.99 Å². The molecule has 0 aliphatic rings. The molecular formula is C50H36N2O2. The molecule has 2 aromatic heterocycles. The van der Waals surface area contributed by atoms with E-state index >= 15 is 0 Å². The van der Waals surface area contributed by atoms with Crippen molar-refractivity contribution in [2.45, 2.75) is 6.61 Å². The topological polar surface area (TPSA) is 39.7 Å². The van der Waals surface area contributed by atoms with E-state index in [1.165, 1.54) is 32.9 Å². The summed E-state index contributed by atoms with van der Waals surface area (Å²) in [6, 6.07) is 53.0. The molecule has 258 valence electrons. The van der Waals surface area contributed by atoms with E-state index in [0.717, 1.165) is 55.5 Å². The minimum atomic E-state index is 0.377. The van der Waals surface area contributed by atoms with Gasteiger partial charge in [0.15, 0.2) is 0 Å². The first kappa shape index (κ1) is 32.7. The summed E-state index contributed by atoms with van der Waals surface area (Å²) in [5.74, 6) is 0.654. The Morgan fingerprint density at radius 1 is 0.630 bits per heavy atom. The lowest BCUT2D eigenvalue weighted by Crippen LogP contribution is -1.98. The summed E-state index contributed by atoms with van der Waals surface area (Å²) < 4.78 is 15.0. The molecule has 54 heavy (non-hydrogen) atoms. The van der Waals surface area contributed by atoms with Crippen LogP contribution in [0.3, 0.4) is 0 Å². The Morgan fingerprint density at radius 3 is 2.06 bits per heavy atom. The van der Waals surface area contributed by atoms with E-state index in [0.29, 0.717) is 18.0 Å². The number of rotatable bonds is 10. The molecule has 0 fully saturated rings. The van der Waals surface area contributed by atoms with E-state index in [1.54, 1.807) is 6.08 Å². The molecule has 2 heterocycles. The predicted octanol–water partition coefficient (Wildman–Crippen LogP) is 13.7. The van der Waals surface area contributed by atoms with Crippen molar-refractivity contribution in [3.8, 4) is 33.7 Å². The van der Waals surface area contributed by atoms with Gasteiger partial charge in [0.05, 0.1) is 16.4 Å². The number of nitrogens with zero attached hydrogens (tertiary/aromatic N) is 2. The van der Waals surface area contributed by atoms with Crippen LogP contribution in [-0.4, -0.2) is 11.3 Å². The molecule has 0 saturated heterocycles. The zero-order valence-electron chi connectivity index (χ0n) is 29.7. The fourth-order valence-corrected chi connectivity index (χ4v) is 7.51. The molecule has 0 saturated carbocycles. The number of furan rings is 1. The summed E-state index contributed by atoms with van der Waals surface area (Å²) in [5.41, 5.74) is 13.4. The molecule has 4 nitrogen and oxygen atoms in total. The second-order valence-corrected chi connectivity index (χ2v) is 13.3. The molecule has 4 heteroatoms. The van der Waals surface area contributed by atoms with Crippen LogP contribution in [0.4, 0.5) is 5.69 Å². The molecule has 0 atom stereocenters. The Labute approximate surface area is 313 Å². The van der Waals surface area contributed by atoms with Gasteiger partial charge in [0.25, 0.3) is 0 Å². The van der Waals surface area contributed by atoms with Crippen LogP contribution in [0.2, 0.25) is 0 Å². The Bertz CT molecular complexity index is 2910. The number of fused-ring (bicyclic) bond motifs is 6. The van der Waals surface area contributed by atoms with Crippen LogP contribution in [-0.2, 0) is 6.61 Å². The second kappa shape index (κ2) is 13.8. The SMILES string of the molecule is C=C/C=C(\C=C)c1ccc(-c2ccc3oc4ccc(OCc5ccc(-n6c7ccccc7c7cc(-c8ccccc8)ccc76)cc5)c(N=C)c4c3c2)cc1. The number of para-hydroxylation sites is 1. The summed E-state index contributed by atoms with van der Waals surface area (Å²) in [6.45, 7) is 12.1. The largest absolute Gasteiger partial charge is 0.487 e. The molecule has 0 N–H and O–H groups in total. The first-order valence-electron chi connectivity index (χ1n) is 18.0. The maximum atomic E-state index is 6.45. The molecular weight excluding hydrogens is 661 g/mol. The van der Waals surface area contributed by atoms with Gasteiger partial charge in [-0.25, -0.2) is 0 Å². The fraction of sp³-hybridized carbons (Fsp3) is 0.0200. The molecule has 7 aromatic carbocycles. The summed E-state index contributed by atoms with van der Waals surface area (Å²) in [5, 5.41) is 4.31. The highest BCUT2D eigenvalue weighted by atomic mass is 16.5. The van der Waals surface area contributed by atoms with Gasteiger partial charge < -0.3 is 13.7 Å². The van der Waals surface area contributed by atoms with Gasteiger partial charge in [-0.1, -0.05) is 128 Å². The third-order valence-corrected chi connectivity index (χ3v) is 10.2. The predicted molar refractivity (Wildman–Crippen MR) is 227 cm³/mol. The zero-order chi connectivity index (χ0) is 36.6. The van der Waals surface area contributed by atoms with E-state index in [-0.39, 0.29) is 0 Å². The maximum absolute atomic E-state index is 6.45. The van der Waals surface area contributed by atoms with Gasteiger partial charge in [-0.2, -0.15) is 0 Å². The Morgan fingerprint density at radius 2 is 1.30 bits per heavy atom. The molecule has 0 unspecified atom stereocenters. The van der Waals surface area contributed by atoms with E-state index in [2.05, 4.69) is 163 Å². The monoisotopic (exact) mass is 696 g/mol. The van der Waals surface area contributed by atoms with Gasteiger partial charge in [0, 0.05) is 21.8 Å². The zero-order valence-corrected chi connectivity index (χ0v) is 29.7. The summed E-state index contributed by atoms with van der Waals surface area (Å²) in [7, 11) is 0. The van der Waals surface area contributed by atoms with Crippen molar-refractivity contribution in [2.24, 2.45) is 4.99 Å². The smallest absolute Gasteiger partial charge is 0.146 e. The van der Waals surface area contributed by atoms with Gasteiger partial charge in [0.1, 0.15) is 29.2 Å². The average Bonchev–Trinajstić information content (AvgIpc) is 3.77. The first-order chi connectivity index (χ1) is 26.6. The molecule has 0 aliphatic heterocycles. The van der Waals surface area contributed by atoms with Crippen molar-refractivity contribution in [1.82, 2.24) is 4.57 Å². The van der Waals surface area contributed by atoms with Crippen LogP contribution in [0.5, 0.6) is 5.75 Å². The van der Waals surface area contributed by atoms with Crippen molar-refractivity contribution in [1.29, 1.82) is 0 Å². The van der Waals surface area contributed by atoms with Gasteiger partial charge >= 0.3 is 0 Å². The van der Waals surface area contributed by atoms with Crippen molar-refractivity contribution < 1.29 is 9.15 Å². The van der Waals surface area contributed by atoms with Crippen LogP contribution >= 0.6 is 0 Å². The third kappa shape index (κ3) is 5.71. The molecule has 9 aromatic rings. The maximum Gasteiger partial charge on any atom is 0.146 e. The van der Waals surface area contributed by atoms with E-state index < -0.39 is 0 Å². The van der Waals surface area contributed by atoms with Crippen LogP contribution < -0.4 is 4.74 Å². The van der Waals surface area contributed by atoms with Gasteiger partial charge in [-0.15, -0.1) is 0 Å². The normalized spacial score (nSPS) is 11.7. The first-order valence-corrected chi connectivity index (χ1v) is 18.0. The lowest BCUT2D eigenvalue weighted by molar-refractivity contribution is 0.308. The minimum Gasteiger partial charge on any atom is -0.487 e. The summed E-state index contributed by atoms with van der Waals surface area (Å²) >= 11 is 0. The molecule has 0 radical (unpaired) electrons. The average molecular weight is 697 g/mol. The number of aromatic nitrogens is 1. The van der Waals surface area contributed by atoms with Crippen LogP contribution in [0.1, 0.15) is 11.1 Å². The van der Waals surface area contributed by atoms with Crippen molar-refractivity contribution in [2.75, 3.05) is 0 Å². The third-order valence-electron chi connectivity index (χ3n) is 10.2. The quantitative estimate of drug-likeness (QED) is 0.105. The van der Waals surface area contributed by atoms with Gasteiger partial charge in [0.2, 0.25) is 0 Å². The number of hydrogen-bond donors (Lipinski definition) is 0. The van der Waals surface area contributed by atoms with Crippen LogP contribution in [0.15, 0.2) is 192 Å². The fourth-order valence-electron chi connectivity index (χ4n) is 7.51. The molecule has 0 aliphatic carbocycles. The lowest BCUT2D eigenvalue weighted by atomic mass is 9.98. The lowest BCUT2D eigenvalue weighted by Gasteiger charge is -2.12. The minimum absolute atomic E-state index is 0.377. The number of hydrogen-bond acceptors (Lipinski definition) is 3. The number of ether oxygens (including phenoxy) is 1. The molecule has 0 bridgehead atoms. The standard InChI is InChI=1S/C50H36N2O2/c1-4-11-34(5-2)36-18-20-37(21-19-36)39-23-27-46-43(31-39)49-47(54-46)28-29-48(50(49)51-3)53-32-33-16-24-40(25-17-33)52-44-15-10-9-14-41(44)42-30-38(22-26-45(42)52)35-12-7-6-8-13-35/h4-31H,1-3,32H2/b34-11+. The highest BCUT2D eigenvalue weighted by molar-refractivity contribution is 6.13. The van der Waals surface area contributed by atoms with Crippen LogP contribution in [0.25, 0.3) is 77.3 Å². The highest BCUT2D eigenvalue weighted by Gasteiger charge is 2.17. The van der Waals surface area contributed by atoms with Crippen molar-refractivity contribution in [3.05, 3.63) is 194 Å². The summed E-state index contributed by atoms with van der Waals surface area (Å²) in [4.78, 5) is 4.46. The molecule has 0 spiro atoms. The van der Waals surface area contributed by atoms with Crippen LogP contribution in [0, 0.1) is 0 Å². The van der Waals surface area contributed by atoms with E-state index in [1.807, 2.05) is 30.4 Å². The number of aliphatic imine (C=N–C) groups is 1. The van der Waals surface area contributed by atoms with Gasteiger partial charge in [-0.05, 0) is 100 Å². The van der Waals surface area contributed by atoms with Crippen molar-refractivity contribution in [3.63, 3.8) is 0 Å². The highest BCUT2D eigenvalue weighted by Crippen LogP contribution is 2.43. The Balaban J connectivity index is 1.01. The Hall–Kier alpha value is -7.17. The molecule has 9 rings (SSSR count). The molecule has 0 amide bonds. The van der Waals surface area contributed by atoms with E-state index in [9.17, 15) is 0 Å². The van der Waals surface area contributed by atoms with E-state index in [4.69, 9.17) is 9.15 Å².